The maximum Gasteiger partial charge on any atom is 0.138 e. The highest BCUT2D eigenvalue weighted by Gasteiger charge is 2.13. The summed E-state index contributed by atoms with van der Waals surface area (Å²) in [5.41, 5.74) is 1.64. The van der Waals surface area contributed by atoms with Gasteiger partial charge >= 0.3 is 0 Å². The van der Waals surface area contributed by atoms with Gasteiger partial charge in [-0.25, -0.2) is 14.4 Å². The highest BCUT2D eigenvalue weighted by Crippen LogP contribution is 2.23. The maximum absolute atomic E-state index is 13.9. The monoisotopic (exact) mass is 435 g/mol. The van der Waals surface area contributed by atoms with Crippen molar-refractivity contribution < 1.29 is 4.39 Å². The number of halogens is 3. The lowest BCUT2D eigenvalue weighted by molar-refractivity contribution is 0.619. The van der Waals surface area contributed by atoms with Crippen LogP contribution in [0.4, 0.5) is 4.39 Å². The van der Waals surface area contributed by atoms with Crippen LogP contribution >= 0.6 is 45.5 Å². The first-order valence-electron chi connectivity index (χ1n) is 6.47. The number of fused-ring (bicyclic) bond motifs is 1. The van der Waals surface area contributed by atoms with Crippen molar-refractivity contribution in [1.82, 2.24) is 14.5 Å². The van der Waals surface area contributed by atoms with Gasteiger partial charge in [0, 0.05) is 42.9 Å². The molecule has 1 aromatic carbocycles. The molecule has 21 heavy (non-hydrogen) atoms. The molecule has 0 fully saturated rings. The largest absolute Gasteiger partial charge is 0.327 e. The predicted octanol–water partition coefficient (Wildman–Crippen LogP) is 4.26. The first-order valence-corrected chi connectivity index (χ1v) is 8.97. The van der Waals surface area contributed by atoms with Gasteiger partial charge in [0.2, 0.25) is 0 Å². The van der Waals surface area contributed by atoms with E-state index < -0.39 is 0 Å². The highest BCUT2D eigenvalue weighted by molar-refractivity contribution is 14.1. The summed E-state index contributed by atoms with van der Waals surface area (Å²) < 4.78 is 16.5. The fourth-order valence-electron chi connectivity index (χ4n) is 2.28. The molecular formula is C14H12ClFIN3S. The third-order valence-corrected chi connectivity index (χ3v) is 5.08. The van der Waals surface area contributed by atoms with Gasteiger partial charge < -0.3 is 4.57 Å². The molecule has 2 heterocycles. The predicted molar refractivity (Wildman–Crippen MR) is 92.7 cm³/mol. The van der Waals surface area contributed by atoms with Gasteiger partial charge in [0.15, 0.2) is 0 Å². The minimum Gasteiger partial charge on any atom is -0.327 e. The summed E-state index contributed by atoms with van der Waals surface area (Å²) in [5.74, 6) is 1.19. The first-order chi connectivity index (χ1) is 10.2. The Morgan fingerprint density at radius 2 is 2.19 bits per heavy atom. The summed E-state index contributed by atoms with van der Waals surface area (Å²) in [4.78, 5) is 8.88. The van der Waals surface area contributed by atoms with Crippen molar-refractivity contribution in [1.29, 1.82) is 0 Å². The van der Waals surface area contributed by atoms with E-state index in [9.17, 15) is 4.39 Å². The molecular weight excluding hydrogens is 424 g/mol. The van der Waals surface area contributed by atoms with E-state index in [2.05, 4.69) is 14.5 Å². The number of alkyl halides is 1. The third kappa shape index (κ3) is 3.22. The Morgan fingerprint density at radius 1 is 1.33 bits per heavy atom. The van der Waals surface area contributed by atoms with Crippen LogP contribution in [0.15, 0.2) is 23.7 Å². The maximum atomic E-state index is 13.9. The standard InChI is InChI=1S/C14H12ClFIN3S/c15-3-1-13-19-11-8-10(17)9(16)7-12(11)20(13)5-2-14-18-4-6-21-14/h4,6-8H,1-3,5H2. The van der Waals surface area contributed by atoms with Crippen molar-refractivity contribution in [3.8, 4) is 0 Å². The minimum atomic E-state index is -0.212. The van der Waals surface area contributed by atoms with Gasteiger partial charge in [-0.05, 0) is 28.7 Å². The first kappa shape index (κ1) is 15.2. The zero-order valence-corrected chi connectivity index (χ0v) is 14.8. The summed E-state index contributed by atoms with van der Waals surface area (Å²) >= 11 is 9.47. The lowest BCUT2D eigenvalue weighted by Crippen LogP contribution is -2.07. The number of benzene rings is 1. The highest BCUT2D eigenvalue weighted by atomic mass is 127. The molecule has 0 unspecified atom stereocenters. The number of thiazole rings is 1. The summed E-state index contributed by atoms with van der Waals surface area (Å²) in [5, 5.41) is 3.03. The molecule has 0 aliphatic carbocycles. The van der Waals surface area contributed by atoms with E-state index in [0.717, 1.165) is 34.8 Å². The molecule has 0 amide bonds. The Bertz CT molecular complexity index is 757. The van der Waals surface area contributed by atoms with Gasteiger partial charge in [0.25, 0.3) is 0 Å². The van der Waals surface area contributed by atoms with Crippen LogP contribution in [0.1, 0.15) is 10.8 Å². The second-order valence-corrected chi connectivity index (χ2v) is 7.07. The Labute approximate surface area is 144 Å². The van der Waals surface area contributed by atoms with Crippen LogP contribution in [0.25, 0.3) is 11.0 Å². The van der Waals surface area contributed by atoms with E-state index in [1.165, 1.54) is 0 Å². The smallest absolute Gasteiger partial charge is 0.138 e. The fourth-order valence-corrected chi connectivity index (χ4v) is 3.51. The molecule has 0 bridgehead atoms. The summed E-state index contributed by atoms with van der Waals surface area (Å²) in [6, 6.07) is 3.34. The summed E-state index contributed by atoms with van der Waals surface area (Å²) in [6.07, 6.45) is 3.28. The van der Waals surface area contributed by atoms with Crippen LogP contribution in [0.2, 0.25) is 0 Å². The second-order valence-electron chi connectivity index (χ2n) is 4.55. The van der Waals surface area contributed by atoms with Crippen LogP contribution < -0.4 is 0 Å². The Balaban J connectivity index is 2.00. The van der Waals surface area contributed by atoms with E-state index in [1.807, 2.05) is 28.0 Å². The molecule has 3 nitrogen and oxygen atoms in total. The van der Waals surface area contributed by atoms with Crippen LogP contribution in [-0.2, 0) is 19.4 Å². The number of hydrogen-bond acceptors (Lipinski definition) is 3. The van der Waals surface area contributed by atoms with Crippen LogP contribution in [-0.4, -0.2) is 20.4 Å². The van der Waals surface area contributed by atoms with Crippen LogP contribution in [0.3, 0.4) is 0 Å². The fraction of sp³-hybridized carbons (Fsp3) is 0.286. The molecule has 0 saturated carbocycles. The topological polar surface area (TPSA) is 30.7 Å². The van der Waals surface area contributed by atoms with Gasteiger partial charge in [-0.1, -0.05) is 0 Å². The van der Waals surface area contributed by atoms with Gasteiger partial charge in [0.1, 0.15) is 11.6 Å². The SMILES string of the molecule is Fc1cc2c(cc1I)nc(CCCl)n2CCc1nccs1. The molecule has 0 radical (unpaired) electrons. The van der Waals surface area contributed by atoms with Crippen LogP contribution in [0, 0.1) is 9.39 Å². The van der Waals surface area contributed by atoms with Gasteiger partial charge in [-0.2, -0.15) is 0 Å². The number of aryl methyl sites for hydroxylation is 3. The average Bonchev–Trinajstić information content (AvgIpc) is 3.06. The van der Waals surface area contributed by atoms with E-state index >= 15 is 0 Å². The molecule has 3 aromatic rings. The number of nitrogens with zero attached hydrogens (tertiary/aromatic N) is 3. The molecule has 0 aliphatic rings. The zero-order chi connectivity index (χ0) is 14.8. The van der Waals surface area contributed by atoms with E-state index in [-0.39, 0.29) is 5.82 Å². The number of aromatic nitrogens is 3. The van der Waals surface area contributed by atoms with E-state index in [4.69, 9.17) is 11.6 Å². The van der Waals surface area contributed by atoms with Crippen molar-refractivity contribution >= 4 is 56.6 Å². The molecule has 2 aromatic heterocycles. The van der Waals surface area contributed by atoms with Gasteiger partial charge in [-0.3, -0.25) is 0 Å². The summed E-state index contributed by atoms with van der Waals surface area (Å²) in [6.45, 7) is 0.732. The minimum absolute atomic E-state index is 0.212. The normalized spacial score (nSPS) is 11.4. The molecule has 0 saturated heterocycles. The summed E-state index contributed by atoms with van der Waals surface area (Å²) in [7, 11) is 0. The lowest BCUT2D eigenvalue weighted by Gasteiger charge is -2.07. The van der Waals surface area contributed by atoms with Crippen molar-refractivity contribution in [2.45, 2.75) is 19.4 Å². The average molecular weight is 436 g/mol. The molecule has 7 heteroatoms. The third-order valence-electron chi connectivity index (χ3n) is 3.22. The van der Waals surface area contributed by atoms with Crippen molar-refractivity contribution in [3.05, 3.63) is 43.9 Å². The zero-order valence-electron chi connectivity index (χ0n) is 11.0. The van der Waals surface area contributed by atoms with E-state index in [0.29, 0.717) is 15.9 Å². The van der Waals surface area contributed by atoms with Gasteiger partial charge in [-0.15, -0.1) is 22.9 Å². The lowest BCUT2D eigenvalue weighted by atomic mass is 10.3. The second kappa shape index (κ2) is 6.58. The molecule has 3 rings (SSSR count). The van der Waals surface area contributed by atoms with Crippen molar-refractivity contribution in [2.24, 2.45) is 0 Å². The van der Waals surface area contributed by atoms with Crippen molar-refractivity contribution in [2.75, 3.05) is 5.88 Å². The quantitative estimate of drug-likeness (QED) is 0.443. The molecule has 0 aliphatic heterocycles. The Hall–Kier alpha value is -0.730. The van der Waals surface area contributed by atoms with Crippen LogP contribution in [0.5, 0.6) is 0 Å². The van der Waals surface area contributed by atoms with E-state index in [1.54, 1.807) is 29.7 Å². The molecule has 110 valence electrons. The Morgan fingerprint density at radius 3 is 2.90 bits per heavy atom. The number of rotatable bonds is 5. The Kier molecular flexibility index (Phi) is 4.75. The number of hydrogen-bond donors (Lipinski definition) is 0. The number of imidazole rings is 1. The van der Waals surface area contributed by atoms with Crippen molar-refractivity contribution in [3.63, 3.8) is 0 Å². The molecule has 0 spiro atoms. The molecule has 0 atom stereocenters. The van der Waals surface area contributed by atoms with Gasteiger partial charge in [0.05, 0.1) is 19.6 Å². The molecule has 0 N–H and O–H groups in total.